The van der Waals surface area contributed by atoms with E-state index in [0.717, 1.165) is 18.9 Å². The van der Waals surface area contributed by atoms with E-state index in [1.165, 1.54) is 0 Å². The Kier molecular flexibility index (Phi) is 3.98. The molecule has 1 aliphatic rings. The lowest BCUT2D eigenvalue weighted by Crippen LogP contribution is -2.18. The molecule has 1 aromatic rings. The molecule has 0 aromatic heterocycles. The zero-order valence-electron chi connectivity index (χ0n) is 8.25. The number of amides is 1. The second-order valence-electron chi connectivity index (χ2n) is 3.22. The summed E-state index contributed by atoms with van der Waals surface area (Å²) in [6.07, 6.45) is 1.60. The van der Waals surface area contributed by atoms with Crippen LogP contribution in [0.25, 0.3) is 6.08 Å². The SMILES string of the molecule is N=C1NC(=O)C(=Cc2cc(I)cc(I)c2O)S1. The van der Waals surface area contributed by atoms with Crippen LogP contribution in [-0.4, -0.2) is 16.2 Å². The first-order valence-corrected chi connectivity index (χ1v) is 7.42. The third-order valence-electron chi connectivity index (χ3n) is 2.01. The van der Waals surface area contributed by atoms with Crippen LogP contribution in [0.4, 0.5) is 0 Å². The Bertz CT molecular complexity index is 557. The van der Waals surface area contributed by atoms with Gasteiger partial charge in [-0.1, -0.05) is 0 Å². The first-order valence-electron chi connectivity index (χ1n) is 4.45. The molecular weight excluding hydrogens is 466 g/mol. The van der Waals surface area contributed by atoms with Gasteiger partial charge >= 0.3 is 0 Å². The Morgan fingerprint density at radius 2 is 2.12 bits per heavy atom. The zero-order chi connectivity index (χ0) is 12.6. The van der Waals surface area contributed by atoms with Gasteiger partial charge in [0.1, 0.15) is 5.75 Å². The van der Waals surface area contributed by atoms with Crippen LogP contribution in [0.5, 0.6) is 5.75 Å². The monoisotopic (exact) mass is 472 g/mol. The Morgan fingerprint density at radius 3 is 2.71 bits per heavy atom. The molecule has 1 amide bonds. The van der Waals surface area contributed by atoms with Crippen LogP contribution in [0.3, 0.4) is 0 Å². The number of aromatic hydroxyl groups is 1. The molecule has 1 aliphatic heterocycles. The molecule has 0 unspecified atom stereocenters. The smallest absolute Gasteiger partial charge is 0.264 e. The lowest BCUT2D eigenvalue weighted by atomic mass is 10.2. The maximum absolute atomic E-state index is 11.4. The lowest BCUT2D eigenvalue weighted by Gasteiger charge is -2.03. The Morgan fingerprint density at radius 1 is 1.41 bits per heavy atom. The number of phenols is 1. The molecule has 4 nitrogen and oxygen atoms in total. The van der Waals surface area contributed by atoms with Crippen LogP contribution < -0.4 is 5.32 Å². The van der Waals surface area contributed by atoms with Gasteiger partial charge in [0, 0.05) is 9.13 Å². The van der Waals surface area contributed by atoms with Crippen molar-refractivity contribution in [1.82, 2.24) is 5.32 Å². The highest BCUT2D eigenvalue weighted by atomic mass is 127. The average molecular weight is 472 g/mol. The van der Waals surface area contributed by atoms with Crippen LogP contribution in [-0.2, 0) is 4.79 Å². The highest BCUT2D eigenvalue weighted by molar-refractivity contribution is 14.1. The third kappa shape index (κ3) is 2.94. The Labute approximate surface area is 129 Å². The maximum Gasteiger partial charge on any atom is 0.264 e. The maximum atomic E-state index is 11.4. The van der Waals surface area contributed by atoms with E-state index in [1.807, 2.05) is 28.7 Å². The van der Waals surface area contributed by atoms with E-state index in [0.29, 0.717) is 10.5 Å². The summed E-state index contributed by atoms with van der Waals surface area (Å²) in [6.45, 7) is 0. The number of carbonyl (C=O) groups excluding carboxylic acids is 1. The molecule has 1 aromatic carbocycles. The predicted octanol–water partition coefficient (Wildman–Crippen LogP) is 2.74. The van der Waals surface area contributed by atoms with Crippen molar-refractivity contribution >= 4 is 74.1 Å². The van der Waals surface area contributed by atoms with Crippen LogP contribution in [0.1, 0.15) is 5.56 Å². The summed E-state index contributed by atoms with van der Waals surface area (Å²) >= 11 is 5.24. The average Bonchev–Trinajstić information content (AvgIpc) is 2.53. The minimum absolute atomic E-state index is 0.112. The zero-order valence-corrected chi connectivity index (χ0v) is 13.4. The number of benzene rings is 1. The fourth-order valence-electron chi connectivity index (χ4n) is 1.28. The van der Waals surface area contributed by atoms with Crippen molar-refractivity contribution in [2.24, 2.45) is 0 Å². The molecule has 1 heterocycles. The van der Waals surface area contributed by atoms with Gasteiger partial charge in [0.05, 0.1) is 8.48 Å². The summed E-state index contributed by atoms with van der Waals surface area (Å²) in [7, 11) is 0. The van der Waals surface area contributed by atoms with Crippen LogP contribution >= 0.6 is 56.9 Å². The molecule has 88 valence electrons. The normalized spacial score (nSPS) is 17.6. The molecule has 17 heavy (non-hydrogen) atoms. The van der Waals surface area contributed by atoms with Gasteiger partial charge in [-0.3, -0.25) is 10.2 Å². The number of hydrogen-bond acceptors (Lipinski definition) is 4. The van der Waals surface area contributed by atoms with Crippen LogP contribution in [0.2, 0.25) is 0 Å². The fraction of sp³-hybridized carbons (Fsp3) is 0. The number of rotatable bonds is 1. The van der Waals surface area contributed by atoms with E-state index in [-0.39, 0.29) is 16.8 Å². The largest absolute Gasteiger partial charge is 0.506 e. The lowest BCUT2D eigenvalue weighted by molar-refractivity contribution is -0.115. The molecule has 0 bridgehead atoms. The van der Waals surface area contributed by atoms with E-state index in [2.05, 4.69) is 27.9 Å². The predicted molar refractivity (Wildman–Crippen MR) is 85.0 cm³/mol. The van der Waals surface area contributed by atoms with Gasteiger partial charge in [-0.25, -0.2) is 0 Å². The van der Waals surface area contributed by atoms with Crippen molar-refractivity contribution < 1.29 is 9.90 Å². The van der Waals surface area contributed by atoms with Gasteiger partial charge in [-0.15, -0.1) is 0 Å². The van der Waals surface area contributed by atoms with Crippen LogP contribution in [0.15, 0.2) is 17.0 Å². The van der Waals surface area contributed by atoms with E-state index in [1.54, 1.807) is 12.1 Å². The minimum Gasteiger partial charge on any atom is -0.506 e. The molecular formula is C10H6I2N2O2S. The van der Waals surface area contributed by atoms with Crippen molar-refractivity contribution in [3.05, 3.63) is 29.7 Å². The van der Waals surface area contributed by atoms with Gasteiger partial charge in [0.25, 0.3) is 5.91 Å². The van der Waals surface area contributed by atoms with Crippen molar-refractivity contribution in [1.29, 1.82) is 5.41 Å². The summed E-state index contributed by atoms with van der Waals surface area (Å²) in [4.78, 5) is 11.9. The molecule has 0 saturated carbocycles. The molecule has 1 saturated heterocycles. The third-order valence-corrected chi connectivity index (χ3v) is 4.28. The number of nitrogens with one attached hydrogen (secondary N) is 2. The van der Waals surface area contributed by atoms with Gasteiger partial charge in [-0.2, -0.15) is 0 Å². The molecule has 0 radical (unpaired) electrons. The summed E-state index contributed by atoms with van der Waals surface area (Å²) in [5.41, 5.74) is 0.591. The summed E-state index contributed by atoms with van der Waals surface area (Å²) in [5.74, 6) is -0.140. The number of hydrogen-bond donors (Lipinski definition) is 3. The molecule has 0 atom stereocenters. The minimum atomic E-state index is -0.298. The molecule has 0 spiro atoms. The number of halogens is 2. The topological polar surface area (TPSA) is 73.2 Å². The highest BCUT2D eigenvalue weighted by Gasteiger charge is 2.22. The second-order valence-corrected chi connectivity index (χ2v) is 6.68. The quantitative estimate of drug-likeness (QED) is 0.435. The first kappa shape index (κ1) is 13.1. The molecule has 2 rings (SSSR count). The Balaban J connectivity index is 2.46. The van der Waals surface area contributed by atoms with E-state index < -0.39 is 0 Å². The van der Waals surface area contributed by atoms with E-state index in [9.17, 15) is 9.90 Å². The molecule has 1 fully saturated rings. The molecule has 7 heteroatoms. The van der Waals surface area contributed by atoms with Crippen molar-refractivity contribution in [3.8, 4) is 5.75 Å². The Hall–Kier alpha value is -0.290. The highest BCUT2D eigenvalue weighted by Crippen LogP contribution is 2.32. The first-order chi connectivity index (χ1) is 7.97. The molecule has 0 aliphatic carbocycles. The summed E-state index contributed by atoms with van der Waals surface area (Å²) in [6, 6.07) is 3.64. The number of phenolic OH excluding ortho intramolecular Hbond substituents is 1. The van der Waals surface area contributed by atoms with Gasteiger partial charge in [0.15, 0.2) is 5.17 Å². The van der Waals surface area contributed by atoms with Crippen molar-refractivity contribution in [2.45, 2.75) is 0 Å². The standard InChI is InChI=1S/C10H6I2N2O2S/c11-5-1-4(8(15)6(12)3-5)2-7-9(16)14-10(13)17-7/h1-3,15H,(H2,13,14,16). The van der Waals surface area contributed by atoms with Crippen LogP contribution in [0, 0.1) is 12.5 Å². The van der Waals surface area contributed by atoms with Gasteiger partial charge in [0.2, 0.25) is 0 Å². The fourth-order valence-corrected chi connectivity index (χ4v) is 3.86. The number of amidine groups is 1. The van der Waals surface area contributed by atoms with Crippen molar-refractivity contribution in [3.63, 3.8) is 0 Å². The van der Waals surface area contributed by atoms with Crippen molar-refractivity contribution in [2.75, 3.05) is 0 Å². The number of carbonyl (C=O) groups is 1. The summed E-state index contributed by atoms with van der Waals surface area (Å²) < 4.78 is 1.72. The van der Waals surface area contributed by atoms with Gasteiger partial charge in [-0.05, 0) is 75.2 Å². The second kappa shape index (κ2) is 5.14. The van der Waals surface area contributed by atoms with E-state index in [4.69, 9.17) is 5.41 Å². The summed E-state index contributed by atoms with van der Waals surface area (Å²) in [5, 5.41) is 19.7. The van der Waals surface area contributed by atoms with Gasteiger partial charge < -0.3 is 10.4 Å². The number of thioether (sulfide) groups is 1. The van der Waals surface area contributed by atoms with E-state index >= 15 is 0 Å². The molecule has 3 N–H and O–H groups in total.